The third-order valence-electron chi connectivity index (χ3n) is 13.1. The van der Waals surface area contributed by atoms with E-state index in [9.17, 15) is 9.59 Å². The molecule has 0 spiro atoms. The number of methoxy groups -OCH3 is 2. The maximum Gasteiger partial charge on any atom is 0.336 e. The van der Waals surface area contributed by atoms with E-state index in [-0.39, 0.29) is 46.8 Å². The third-order valence-corrected chi connectivity index (χ3v) is 19.2. The molecule has 9 nitrogen and oxygen atoms in total. The quantitative estimate of drug-likeness (QED) is 0.162. The molecule has 5 rings (SSSR count). The summed E-state index contributed by atoms with van der Waals surface area (Å²) in [5, 5.41) is 3.69. The van der Waals surface area contributed by atoms with Crippen molar-refractivity contribution in [3.63, 3.8) is 0 Å². The second-order valence-corrected chi connectivity index (χ2v) is 21.9. The zero-order valence-electron chi connectivity index (χ0n) is 31.8. The van der Waals surface area contributed by atoms with Gasteiger partial charge in [0.05, 0.1) is 31.5 Å². The van der Waals surface area contributed by atoms with Crippen LogP contribution in [0.2, 0.25) is 16.6 Å². The number of rotatable bonds is 13. The molecule has 1 aromatic carbocycles. The van der Waals surface area contributed by atoms with Gasteiger partial charge in [0.25, 0.3) is 0 Å². The average molecular weight is 700 g/mol. The predicted octanol–water partition coefficient (Wildman–Crippen LogP) is 8.08. The summed E-state index contributed by atoms with van der Waals surface area (Å²) < 4.78 is 37.1. The maximum absolute atomic E-state index is 12.9. The van der Waals surface area contributed by atoms with Crippen LogP contribution in [0, 0.1) is 22.7 Å². The second-order valence-electron chi connectivity index (χ2n) is 16.5. The summed E-state index contributed by atoms with van der Waals surface area (Å²) >= 11 is 0. The fourth-order valence-corrected chi connectivity index (χ4v) is 16.5. The van der Waals surface area contributed by atoms with Gasteiger partial charge in [-0.1, -0.05) is 55.4 Å². The lowest BCUT2D eigenvalue weighted by molar-refractivity contribution is -0.209. The second kappa shape index (κ2) is 14.2. The molecule has 1 aromatic rings. The highest BCUT2D eigenvalue weighted by Gasteiger charge is 2.67. The highest BCUT2D eigenvalue weighted by molar-refractivity contribution is 6.77. The molecule has 2 heterocycles. The van der Waals surface area contributed by atoms with Gasteiger partial charge in [0.1, 0.15) is 12.7 Å². The van der Waals surface area contributed by atoms with Crippen LogP contribution < -0.4 is 14.8 Å². The normalized spacial score (nSPS) is 32.9. The Kier molecular flexibility index (Phi) is 10.9. The van der Waals surface area contributed by atoms with E-state index >= 15 is 0 Å². The number of benzene rings is 1. The summed E-state index contributed by atoms with van der Waals surface area (Å²) in [5.41, 5.74) is 1.84. The van der Waals surface area contributed by atoms with Crippen LogP contribution >= 0.6 is 0 Å². The summed E-state index contributed by atoms with van der Waals surface area (Å²) in [4.78, 5) is 25.4. The van der Waals surface area contributed by atoms with Crippen LogP contribution in [0.4, 0.5) is 5.69 Å². The van der Waals surface area contributed by atoms with Gasteiger partial charge in [-0.2, -0.15) is 0 Å². The Bertz CT molecular complexity index is 1390. The van der Waals surface area contributed by atoms with Crippen LogP contribution in [0.3, 0.4) is 0 Å². The van der Waals surface area contributed by atoms with Crippen molar-refractivity contribution < 1.29 is 37.7 Å². The van der Waals surface area contributed by atoms with Crippen molar-refractivity contribution in [1.29, 1.82) is 0 Å². The van der Waals surface area contributed by atoms with Gasteiger partial charge < -0.3 is 33.4 Å². The van der Waals surface area contributed by atoms with E-state index in [4.69, 9.17) is 28.1 Å². The molecule has 0 unspecified atom stereocenters. The van der Waals surface area contributed by atoms with Crippen molar-refractivity contribution in [2.24, 2.45) is 22.7 Å². The van der Waals surface area contributed by atoms with Gasteiger partial charge in [-0.25, -0.2) is 4.79 Å². The molecule has 3 fully saturated rings. The van der Waals surface area contributed by atoms with Crippen molar-refractivity contribution in [3.8, 4) is 11.5 Å². The molecule has 0 aromatic heterocycles. The van der Waals surface area contributed by atoms with Crippen LogP contribution in [-0.4, -0.2) is 72.0 Å². The SMILES string of the molecule is COc1ccc(NC[C@]23CC[C@@H]4[C@](C)(CO[Si](C(C)C)(C(C)C)C(C)C)[C@H](OC(C)=O)CC[C@@]4(C)[C@@H]2C[C@@H](C2=CCOC2=O)O3)cc1OC. The first-order chi connectivity index (χ1) is 23.1. The Labute approximate surface area is 295 Å². The molecule has 7 atom stereocenters. The summed E-state index contributed by atoms with van der Waals surface area (Å²) in [6.07, 6.45) is 5.42. The third kappa shape index (κ3) is 6.55. The molecule has 1 N–H and O–H groups in total. The zero-order chi connectivity index (χ0) is 35.9. The van der Waals surface area contributed by atoms with Gasteiger partial charge in [0.15, 0.2) is 19.8 Å². The molecular formula is C39H61NO8Si. The lowest BCUT2D eigenvalue weighted by atomic mass is 9.44. The minimum absolute atomic E-state index is 0.144. The van der Waals surface area contributed by atoms with E-state index < -0.39 is 13.9 Å². The van der Waals surface area contributed by atoms with Gasteiger partial charge in [-0.15, -0.1) is 0 Å². The van der Waals surface area contributed by atoms with Gasteiger partial charge in [0.2, 0.25) is 0 Å². The lowest BCUT2D eigenvalue weighted by Gasteiger charge is -2.63. The highest BCUT2D eigenvalue weighted by Crippen LogP contribution is 2.67. The summed E-state index contributed by atoms with van der Waals surface area (Å²) in [5.74, 6) is 1.19. The average Bonchev–Trinajstić information content (AvgIpc) is 3.65. The van der Waals surface area contributed by atoms with Crippen molar-refractivity contribution in [1.82, 2.24) is 0 Å². The van der Waals surface area contributed by atoms with Crippen LogP contribution in [-0.2, 0) is 28.2 Å². The molecule has 2 aliphatic carbocycles. The topological polar surface area (TPSA) is 102 Å². The van der Waals surface area contributed by atoms with Gasteiger partial charge in [-0.3, -0.25) is 4.79 Å². The molecule has 274 valence electrons. The minimum atomic E-state index is -2.20. The molecule has 0 bridgehead atoms. The molecule has 10 heteroatoms. The summed E-state index contributed by atoms with van der Waals surface area (Å²) in [6, 6.07) is 5.85. The van der Waals surface area contributed by atoms with Gasteiger partial charge >= 0.3 is 11.9 Å². The number of carbonyl (C=O) groups is 2. The first kappa shape index (κ1) is 37.7. The largest absolute Gasteiger partial charge is 0.493 e. The van der Waals surface area contributed by atoms with Crippen LogP contribution in [0.15, 0.2) is 29.8 Å². The van der Waals surface area contributed by atoms with E-state index in [1.165, 1.54) is 6.92 Å². The molecule has 1 saturated heterocycles. The van der Waals surface area contributed by atoms with Crippen molar-refractivity contribution in [3.05, 3.63) is 29.8 Å². The number of hydrogen-bond acceptors (Lipinski definition) is 9. The number of hydrogen-bond donors (Lipinski definition) is 1. The van der Waals surface area contributed by atoms with Crippen molar-refractivity contribution in [2.75, 3.05) is 39.3 Å². The van der Waals surface area contributed by atoms with E-state index in [0.717, 1.165) is 37.8 Å². The molecule has 4 aliphatic rings. The van der Waals surface area contributed by atoms with Crippen LogP contribution in [0.25, 0.3) is 0 Å². The Balaban J connectivity index is 1.52. The Morgan fingerprint density at radius 1 is 0.980 bits per heavy atom. The Morgan fingerprint density at radius 3 is 2.22 bits per heavy atom. The van der Waals surface area contributed by atoms with Crippen LogP contribution in [0.1, 0.15) is 94.4 Å². The van der Waals surface area contributed by atoms with Gasteiger partial charge in [-0.05, 0) is 84.2 Å². The molecule has 2 aliphatic heterocycles. The number of carbonyl (C=O) groups excluding carboxylic acids is 2. The molecule has 49 heavy (non-hydrogen) atoms. The number of cyclic esters (lactones) is 1. The van der Waals surface area contributed by atoms with Crippen molar-refractivity contribution in [2.45, 2.75) is 129 Å². The molecular weight excluding hydrogens is 639 g/mol. The molecule has 0 amide bonds. The first-order valence-electron chi connectivity index (χ1n) is 18.4. The first-order valence-corrected chi connectivity index (χ1v) is 20.5. The predicted molar refractivity (Wildman–Crippen MR) is 194 cm³/mol. The number of ether oxygens (including phenoxy) is 5. The maximum atomic E-state index is 12.9. The zero-order valence-corrected chi connectivity index (χ0v) is 32.8. The number of fused-ring (bicyclic) bond motifs is 3. The highest BCUT2D eigenvalue weighted by atomic mass is 28.4. The Hall–Kier alpha value is -2.56. The smallest absolute Gasteiger partial charge is 0.336 e. The van der Waals surface area contributed by atoms with Crippen LogP contribution in [0.5, 0.6) is 11.5 Å². The van der Waals surface area contributed by atoms with Crippen molar-refractivity contribution >= 4 is 25.9 Å². The summed E-state index contributed by atoms with van der Waals surface area (Å²) in [6.45, 7) is 21.7. The van der Waals surface area contributed by atoms with E-state index in [0.29, 0.717) is 53.5 Å². The fraction of sp³-hybridized carbons (Fsp3) is 0.744. The Morgan fingerprint density at radius 2 is 1.65 bits per heavy atom. The van der Waals surface area contributed by atoms with E-state index in [1.807, 2.05) is 24.3 Å². The van der Waals surface area contributed by atoms with Gasteiger partial charge in [0, 0.05) is 37.2 Å². The number of anilines is 1. The summed E-state index contributed by atoms with van der Waals surface area (Å²) in [7, 11) is 1.07. The molecule has 2 saturated carbocycles. The lowest BCUT2D eigenvalue weighted by Crippen LogP contribution is -2.64. The fourth-order valence-electron chi connectivity index (χ4n) is 11.0. The molecule has 0 radical (unpaired) electrons. The minimum Gasteiger partial charge on any atom is -0.493 e. The standard InChI is InChI=1S/C39H61NO8Si/c1-24(2)49(25(3)4,26(5)6)46-23-38(9)33-14-18-39(22-40-28-12-13-30(43-10)32(20-28)44-11)34(21-31(48-39)29-16-19-45-36(29)42)37(33,8)17-15-35(38)47-27(7)41/h12-13,16,20,24-26,31,33-35,40H,14-15,17-19,21-23H2,1-11H3/t31-,33-,34-,35+,37+,38-,39+/m0/s1. The number of nitrogens with one attached hydrogen (secondary N) is 1. The number of esters is 2. The van der Waals surface area contributed by atoms with E-state index in [2.05, 4.69) is 60.7 Å². The monoisotopic (exact) mass is 699 g/mol. The van der Waals surface area contributed by atoms with E-state index in [1.54, 1.807) is 14.2 Å².